The van der Waals surface area contributed by atoms with Crippen LogP contribution in [0.15, 0.2) is 58.0 Å². The monoisotopic (exact) mass is 318 g/mol. The Labute approximate surface area is 133 Å². The van der Waals surface area contributed by atoms with E-state index in [0.717, 1.165) is 4.90 Å². The number of hydrogen-bond donors (Lipinski definition) is 2. The Hall–Kier alpha value is -2.21. The summed E-state index contributed by atoms with van der Waals surface area (Å²) in [5.41, 5.74) is 0. The van der Waals surface area contributed by atoms with Crippen LogP contribution in [-0.2, 0) is 16.1 Å². The highest BCUT2D eigenvalue weighted by Gasteiger charge is 2.06. The lowest BCUT2D eigenvalue weighted by molar-refractivity contribution is -0.126. The number of carbonyl (C=O) groups is 2. The van der Waals surface area contributed by atoms with Gasteiger partial charge >= 0.3 is 0 Å². The summed E-state index contributed by atoms with van der Waals surface area (Å²) in [6.07, 6.45) is 1.93. The van der Waals surface area contributed by atoms with Gasteiger partial charge in [0.15, 0.2) is 0 Å². The summed E-state index contributed by atoms with van der Waals surface area (Å²) in [6.45, 7) is 0.307. The molecule has 0 fully saturated rings. The van der Waals surface area contributed by atoms with Crippen LogP contribution in [0.2, 0.25) is 0 Å². The van der Waals surface area contributed by atoms with Crippen molar-refractivity contribution in [1.29, 1.82) is 0 Å². The van der Waals surface area contributed by atoms with Crippen LogP contribution >= 0.6 is 11.8 Å². The molecule has 2 amide bonds. The molecule has 2 rings (SSSR count). The second-order valence-electron chi connectivity index (χ2n) is 4.54. The van der Waals surface area contributed by atoms with Crippen molar-refractivity contribution in [3.05, 3.63) is 54.5 Å². The van der Waals surface area contributed by atoms with Crippen LogP contribution < -0.4 is 10.6 Å². The average molecular weight is 318 g/mol. The maximum atomic E-state index is 11.6. The van der Waals surface area contributed by atoms with Crippen molar-refractivity contribution in [2.75, 3.05) is 12.3 Å². The number of amides is 2. The molecule has 0 aliphatic rings. The molecule has 6 heteroatoms. The van der Waals surface area contributed by atoms with Gasteiger partial charge in [0.25, 0.3) is 0 Å². The molecule has 1 aromatic carbocycles. The minimum Gasteiger partial charge on any atom is -0.467 e. The Kier molecular flexibility index (Phi) is 6.57. The predicted octanol–water partition coefficient (Wildman–Crippen LogP) is 2.19. The van der Waals surface area contributed by atoms with Gasteiger partial charge in [-0.2, -0.15) is 0 Å². The van der Waals surface area contributed by atoms with Crippen LogP contribution in [0.25, 0.3) is 0 Å². The van der Waals surface area contributed by atoms with Gasteiger partial charge in [0.2, 0.25) is 11.8 Å². The van der Waals surface area contributed by atoms with Crippen molar-refractivity contribution in [2.24, 2.45) is 0 Å². The highest BCUT2D eigenvalue weighted by molar-refractivity contribution is 7.99. The third-order valence-corrected chi connectivity index (χ3v) is 3.84. The van der Waals surface area contributed by atoms with Gasteiger partial charge in [-0.1, -0.05) is 18.2 Å². The molecule has 1 heterocycles. The summed E-state index contributed by atoms with van der Waals surface area (Å²) in [4.78, 5) is 24.3. The fourth-order valence-corrected chi connectivity index (χ4v) is 2.58. The molecule has 0 saturated carbocycles. The van der Waals surface area contributed by atoms with Crippen LogP contribution in [0.1, 0.15) is 12.2 Å². The van der Waals surface area contributed by atoms with E-state index in [1.807, 2.05) is 30.3 Å². The third kappa shape index (κ3) is 6.05. The molecule has 22 heavy (non-hydrogen) atoms. The van der Waals surface area contributed by atoms with Gasteiger partial charge < -0.3 is 15.1 Å². The molecule has 116 valence electrons. The van der Waals surface area contributed by atoms with Gasteiger partial charge in [0.05, 0.1) is 19.4 Å². The molecule has 0 unspecified atom stereocenters. The van der Waals surface area contributed by atoms with E-state index < -0.39 is 0 Å². The van der Waals surface area contributed by atoms with E-state index in [1.165, 1.54) is 0 Å². The topological polar surface area (TPSA) is 71.3 Å². The molecule has 0 atom stereocenters. The molecule has 2 aromatic rings. The summed E-state index contributed by atoms with van der Waals surface area (Å²) in [6, 6.07) is 13.4. The van der Waals surface area contributed by atoms with Crippen LogP contribution in [0.4, 0.5) is 0 Å². The van der Waals surface area contributed by atoms with Gasteiger partial charge in [0.1, 0.15) is 5.76 Å². The Bertz CT molecular complexity index is 585. The molecular weight excluding hydrogens is 300 g/mol. The fraction of sp³-hybridized carbons (Fsp3) is 0.250. The van der Waals surface area contributed by atoms with Gasteiger partial charge in [-0.05, 0) is 24.3 Å². The third-order valence-electron chi connectivity index (χ3n) is 2.83. The first-order valence-corrected chi connectivity index (χ1v) is 7.96. The quantitative estimate of drug-likeness (QED) is 0.732. The van der Waals surface area contributed by atoms with Gasteiger partial charge in [-0.15, -0.1) is 11.8 Å². The number of carbonyl (C=O) groups excluding carboxylic acids is 2. The van der Waals surface area contributed by atoms with Crippen LogP contribution in [0, 0.1) is 0 Å². The number of rotatable bonds is 8. The number of thioether (sulfide) groups is 1. The molecule has 0 aliphatic heterocycles. The lowest BCUT2D eigenvalue weighted by Gasteiger charge is -2.06. The van der Waals surface area contributed by atoms with E-state index in [2.05, 4.69) is 10.6 Å². The Morgan fingerprint density at radius 2 is 1.82 bits per heavy atom. The minimum absolute atomic E-state index is 0.0183. The summed E-state index contributed by atoms with van der Waals surface area (Å²) < 4.78 is 5.10. The van der Waals surface area contributed by atoms with E-state index in [1.54, 1.807) is 30.2 Å². The maximum absolute atomic E-state index is 11.6. The van der Waals surface area contributed by atoms with Crippen molar-refractivity contribution in [3.8, 4) is 0 Å². The highest BCUT2D eigenvalue weighted by atomic mass is 32.2. The molecule has 0 radical (unpaired) electrons. The second-order valence-corrected chi connectivity index (χ2v) is 5.71. The van der Waals surface area contributed by atoms with Crippen molar-refractivity contribution in [2.45, 2.75) is 17.9 Å². The molecule has 0 bridgehead atoms. The van der Waals surface area contributed by atoms with Crippen LogP contribution in [-0.4, -0.2) is 24.1 Å². The fourth-order valence-electron chi connectivity index (χ4n) is 1.71. The molecule has 0 spiro atoms. The Balaban J connectivity index is 1.56. The minimum atomic E-state index is -0.236. The van der Waals surface area contributed by atoms with E-state index in [4.69, 9.17) is 4.42 Å². The summed E-state index contributed by atoms with van der Waals surface area (Å²) in [5, 5.41) is 5.27. The first-order valence-electron chi connectivity index (χ1n) is 6.97. The molecular formula is C16H18N2O3S. The number of furan rings is 1. The zero-order valence-electron chi connectivity index (χ0n) is 12.1. The second kappa shape index (κ2) is 8.94. The zero-order chi connectivity index (χ0) is 15.6. The van der Waals surface area contributed by atoms with Crippen molar-refractivity contribution in [1.82, 2.24) is 10.6 Å². The first kappa shape index (κ1) is 16.2. The Morgan fingerprint density at radius 3 is 2.55 bits per heavy atom. The van der Waals surface area contributed by atoms with Gasteiger partial charge in [-0.3, -0.25) is 9.59 Å². The van der Waals surface area contributed by atoms with E-state index in [-0.39, 0.29) is 18.4 Å². The normalized spacial score (nSPS) is 10.2. The molecule has 0 aliphatic carbocycles. The zero-order valence-corrected chi connectivity index (χ0v) is 12.9. The Morgan fingerprint density at radius 1 is 1.00 bits per heavy atom. The summed E-state index contributed by atoms with van der Waals surface area (Å²) in [7, 11) is 0. The van der Waals surface area contributed by atoms with Crippen molar-refractivity contribution < 1.29 is 14.0 Å². The molecule has 1 aromatic heterocycles. The lowest BCUT2D eigenvalue weighted by Crippen LogP contribution is -2.36. The lowest BCUT2D eigenvalue weighted by atomic mass is 10.4. The number of nitrogens with one attached hydrogen (secondary N) is 2. The number of hydrogen-bond acceptors (Lipinski definition) is 4. The summed E-state index contributed by atoms with van der Waals surface area (Å²) in [5.74, 6) is 1.00. The molecule has 5 nitrogen and oxygen atoms in total. The largest absolute Gasteiger partial charge is 0.467 e. The molecule has 2 N–H and O–H groups in total. The molecule has 0 saturated heterocycles. The van der Waals surface area contributed by atoms with Crippen molar-refractivity contribution in [3.63, 3.8) is 0 Å². The predicted molar refractivity (Wildman–Crippen MR) is 85.3 cm³/mol. The SMILES string of the molecule is O=C(CCSc1ccccc1)NCC(=O)NCc1ccco1. The first-order chi connectivity index (χ1) is 10.7. The smallest absolute Gasteiger partial charge is 0.239 e. The van der Waals surface area contributed by atoms with E-state index in [9.17, 15) is 9.59 Å². The standard InChI is InChI=1S/C16H18N2O3S/c19-15(8-10-22-14-6-2-1-3-7-14)18-12-16(20)17-11-13-5-4-9-21-13/h1-7,9H,8,10-12H2,(H,17,20)(H,18,19). The summed E-state index contributed by atoms with van der Waals surface area (Å²) >= 11 is 1.62. The van der Waals surface area contributed by atoms with Crippen LogP contribution in [0.5, 0.6) is 0 Å². The van der Waals surface area contributed by atoms with Gasteiger partial charge in [-0.25, -0.2) is 0 Å². The van der Waals surface area contributed by atoms with Crippen LogP contribution in [0.3, 0.4) is 0 Å². The highest BCUT2D eigenvalue weighted by Crippen LogP contribution is 2.17. The number of benzene rings is 1. The van der Waals surface area contributed by atoms with E-state index >= 15 is 0 Å². The van der Waals surface area contributed by atoms with Crippen molar-refractivity contribution >= 4 is 23.6 Å². The maximum Gasteiger partial charge on any atom is 0.239 e. The average Bonchev–Trinajstić information content (AvgIpc) is 3.05. The van der Waals surface area contributed by atoms with Gasteiger partial charge in [0, 0.05) is 17.1 Å². The van der Waals surface area contributed by atoms with E-state index in [0.29, 0.717) is 24.5 Å².